The summed E-state index contributed by atoms with van der Waals surface area (Å²) in [5, 5.41) is 13.0. The molecule has 0 spiro atoms. The zero-order chi connectivity index (χ0) is 14.3. The van der Waals surface area contributed by atoms with Gasteiger partial charge >= 0.3 is 6.09 Å². The standard InChI is InChI=1S/C15H17N3O2/c1-9-5-10(2)18(9)13-4-3-11-7-14(17-15(19)20)16-8-12(11)6-13/h3-4,6-10H,5H2,1-2H3,(H,16,17)(H,19,20). The largest absolute Gasteiger partial charge is 0.465 e. The number of hydrogen-bond donors (Lipinski definition) is 2. The fraction of sp³-hybridized carbons (Fsp3) is 0.333. The average molecular weight is 271 g/mol. The molecule has 2 atom stereocenters. The highest BCUT2D eigenvalue weighted by Gasteiger charge is 2.31. The average Bonchev–Trinajstić information content (AvgIpc) is 2.38. The topological polar surface area (TPSA) is 65.5 Å². The molecule has 2 heterocycles. The second-order valence-electron chi connectivity index (χ2n) is 5.37. The summed E-state index contributed by atoms with van der Waals surface area (Å²) >= 11 is 0. The summed E-state index contributed by atoms with van der Waals surface area (Å²) in [6.07, 6.45) is 1.83. The van der Waals surface area contributed by atoms with Crippen LogP contribution in [0, 0.1) is 0 Å². The minimum atomic E-state index is -1.10. The van der Waals surface area contributed by atoms with E-state index in [-0.39, 0.29) is 0 Å². The van der Waals surface area contributed by atoms with E-state index >= 15 is 0 Å². The molecule has 2 aromatic rings. The molecule has 1 fully saturated rings. The van der Waals surface area contributed by atoms with E-state index in [1.54, 1.807) is 12.3 Å². The van der Waals surface area contributed by atoms with Crippen molar-refractivity contribution in [2.24, 2.45) is 0 Å². The van der Waals surface area contributed by atoms with Crippen molar-refractivity contribution in [2.75, 3.05) is 10.2 Å². The van der Waals surface area contributed by atoms with Crippen LogP contribution < -0.4 is 10.2 Å². The fourth-order valence-electron chi connectivity index (χ4n) is 2.99. The number of hydrogen-bond acceptors (Lipinski definition) is 3. The third-order valence-corrected chi connectivity index (χ3v) is 3.87. The second-order valence-corrected chi connectivity index (χ2v) is 5.37. The summed E-state index contributed by atoms with van der Waals surface area (Å²) in [6, 6.07) is 9.09. The number of anilines is 2. The normalized spacial score (nSPS) is 21.6. The lowest BCUT2D eigenvalue weighted by atomic mass is 9.94. The number of amides is 1. The summed E-state index contributed by atoms with van der Waals surface area (Å²) in [5.74, 6) is 0.350. The van der Waals surface area contributed by atoms with Crippen LogP contribution in [0.3, 0.4) is 0 Å². The van der Waals surface area contributed by atoms with Crippen molar-refractivity contribution in [2.45, 2.75) is 32.4 Å². The predicted molar refractivity (Wildman–Crippen MR) is 79.4 cm³/mol. The predicted octanol–water partition coefficient (Wildman–Crippen LogP) is 3.31. The van der Waals surface area contributed by atoms with E-state index in [2.05, 4.69) is 41.2 Å². The first-order chi connectivity index (χ1) is 9.54. The molecule has 1 saturated heterocycles. The molecule has 1 aliphatic rings. The van der Waals surface area contributed by atoms with Crippen molar-refractivity contribution < 1.29 is 9.90 Å². The van der Waals surface area contributed by atoms with Gasteiger partial charge in [0, 0.05) is 29.4 Å². The zero-order valence-electron chi connectivity index (χ0n) is 11.5. The summed E-state index contributed by atoms with van der Waals surface area (Å²) in [5.41, 5.74) is 1.20. The van der Waals surface area contributed by atoms with Gasteiger partial charge in [-0.25, -0.2) is 9.78 Å². The Balaban J connectivity index is 1.94. The molecular weight excluding hydrogens is 254 g/mol. The number of aromatic nitrogens is 1. The van der Waals surface area contributed by atoms with Crippen LogP contribution in [0.4, 0.5) is 16.3 Å². The quantitative estimate of drug-likeness (QED) is 0.879. The van der Waals surface area contributed by atoms with Crippen molar-refractivity contribution in [3.8, 4) is 0 Å². The number of pyridine rings is 1. The minimum Gasteiger partial charge on any atom is -0.465 e. The number of carboxylic acid groups (broad SMARTS) is 1. The first-order valence-corrected chi connectivity index (χ1v) is 6.72. The molecule has 5 nitrogen and oxygen atoms in total. The van der Waals surface area contributed by atoms with Gasteiger partial charge in [0.05, 0.1) is 0 Å². The number of carbonyl (C=O) groups is 1. The number of nitrogens with zero attached hydrogens (tertiary/aromatic N) is 2. The summed E-state index contributed by atoms with van der Waals surface area (Å²) < 4.78 is 0. The summed E-state index contributed by atoms with van der Waals surface area (Å²) in [6.45, 7) is 4.45. The highest BCUT2D eigenvalue weighted by Crippen LogP contribution is 2.33. The Bertz CT molecular complexity index is 663. The number of fused-ring (bicyclic) bond motifs is 1. The lowest BCUT2D eigenvalue weighted by Crippen LogP contribution is -2.53. The van der Waals surface area contributed by atoms with Gasteiger partial charge in [0.25, 0.3) is 0 Å². The highest BCUT2D eigenvalue weighted by atomic mass is 16.4. The Morgan fingerprint density at radius 2 is 2.05 bits per heavy atom. The Labute approximate surface area is 117 Å². The monoisotopic (exact) mass is 271 g/mol. The van der Waals surface area contributed by atoms with Gasteiger partial charge in [-0.2, -0.15) is 0 Å². The Morgan fingerprint density at radius 3 is 2.70 bits per heavy atom. The van der Waals surface area contributed by atoms with Gasteiger partial charge in [0.2, 0.25) is 0 Å². The molecule has 0 radical (unpaired) electrons. The lowest BCUT2D eigenvalue weighted by Gasteiger charge is -2.47. The number of rotatable bonds is 2. The molecule has 1 amide bonds. The van der Waals surface area contributed by atoms with Gasteiger partial charge in [-0.05, 0) is 43.9 Å². The number of nitrogens with one attached hydrogen (secondary N) is 1. The Kier molecular flexibility index (Phi) is 2.97. The maximum atomic E-state index is 10.6. The second kappa shape index (κ2) is 4.67. The summed E-state index contributed by atoms with van der Waals surface area (Å²) in [7, 11) is 0. The Hall–Kier alpha value is -2.30. The van der Waals surface area contributed by atoms with Crippen molar-refractivity contribution in [1.82, 2.24) is 4.98 Å². The molecule has 3 rings (SSSR count). The molecule has 5 heteroatoms. The van der Waals surface area contributed by atoms with Crippen LogP contribution in [0.1, 0.15) is 20.3 Å². The van der Waals surface area contributed by atoms with E-state index in [1.165, 1.54) is 12.1 Å². The van der Waals surface area contributed by atoms with E-state index in [9.17, 15) is 4.79 Å². The first kappa shape index (κ1) is 12.7. The highest BCUT2D eigenvalue weighted by molar-refractivity contribution is 5.90. The zero-order valence-corrected chi connectivity index (χ0v) is 11.5. The minimum absolute atomic E-state index is 0.350. The lowest BCUT2D eigenvalue weighted by molar-refractivity contribution is 0.209. The molecule has 0 bridgehead atoms. The van der Waals surface area contributed by atoms with Gasteiger partial charge < -0.3 is 10.0 Å². The van der Waals surface area contributed by atoms with Gasteiger partial charge in [0.1, 0.15) is 5.82 Å². The molecule has 2 N–H and O–H groups in total. The van der Waals surface area contributed by atoms with E-state index in [4.69, 9.17) is 5.11 Å². The maximum absolute atomic E-state index is 10.6. The van der Waals surface area contributed by atoms with E-state index in [0.717, 1.165) is 10.8 Å². The molecule has 1 aromatic carbocycles. The van der Waals surface area contributed by atoms with Crippen molar-refractivity contribution in [1.29, 1.82) is 0 Å². The number of benzene rings is 1. The smallest absolute Gasteiger partial charge is 0.410 e. The molecule has 20 heavy (non-hydrogen) atoms. The van der Waals surface area contributed by atoms with Crippen LogP contribution in [0.25, 0.3) is 10.8 Å². The van der Waals surface area contributed by atoms with Crippen LogP contribution >= 0.6 is 0 Å². The van der Waals surface area contributed by atoms with Crippen LogP contribution in [0.2, 0.25) is 0 Å². The van der Waals surface area contributed by atoms with Crippen LogP contribution in [0.5, 0.6) is 0 Å². The molecule has 1 aliphatic heterocycles. The van der Waals surface area contributed by atoms with Gasteiger partial charge in [-0.15, -0.1) is 0 Å². The van der Waals surface area contributed by atoms with Crippen molar-refractivity contribution >= 4 is 28.4 Å². The molecule has 2 unspecified atom stereocenters. The van der Waals surface area contributed by atoms with E-state index in [1.807, 2.05) is 6.07 Å². The van der Waals surface area contributed by atoms with Gasteiger partial charge in [-0.3, -0.25) is 5.32 Å². The van der Waals surface area contributed by atoms with Crippen LogP contribution in [0.15, 0.2) is 30.5 Å². The first-order valence-electron chi connectivity index (χ1n) is 6.72. The summed E-state index contributed by atoms with van der Waals surface area (Å²) in [4.78, 5) is 17.1. The van der Waals surface area contributed by atoms with Gasteiger partial charge in [-0.1, -0.05) is 6.07 Å². The SMILES string of the molecule is CC1CC(C)N1c1ccc2cc(NC(=O)O)ncc2c1. The van der Waals surface area contributed by atoms with Crippen LogP contribution in [-0.4, -0.2) is 28.3 Å². The molecule has 0 aliphatic carbocycles. The fourth-order valence-corrected chi connectivity index (χ4v) is 2.99. The molecule has 0 saturated carbocycles. The van der Waals surface area contributed by atoms with Crippen molar-refractivity contribution in [3.05, 3.63) is 30.5 Å². The van der Waals surface area contributed by atoms with E-state index in [0.29, 0.717) is 17.9 Å². The van der Waals surface area contributed by atoms with Gasteiger partial charge in [0.15, 0.2) is 0 Å². The third-order valence-electron chi connectivity index (χ3n) is 3.87. The van der Waals surface area contributed by atoms with Crippen molar-refractivity contribution in [3.63, 3.8) is 0 Å². The van der Waals surface area contributed by atoms with Crippen LogP contribution in [-0.2, 0) is 0 Å². The van der Waals surface area contributed by atoms with E-state index < -0.39 is 6.09 Å². The third kappa shape index (κ3) is 2.15. The molecular formula is C15H17N3O2. The molecule has 104 valence electrons. The molecule has 1 aromatic heterocycles. The maximum Gasteiger partial charge on any atom is 0.410 e. The Morgan fingerprint density at radius 1 is 1.30 bits per heavy atom.